The van der Waals surface area contributed by atoms with Crippen molar-refractivity contribution in [3.63, 3.8) is 0 Å². The average Bonchev–Trinajstić information content (AvgIpc) is 2.80. The Hall–Kier alpha value is -3.99. The highest BCUT2D eigenvalue weighted by atomic mass is 16.6. The number of aryl methyl sites for hydroxylation is 1. The second kappa shape index (κ2) is 12.1. The predicted molar refractivity (Wildman–Crippen MR) is 139 cm³/mol. The third kappa shape index (κ3) is 7.51. The van der Waals surface area contributed by atoms with Crippen molar-refractivity contribution in [2.45, 2.75) is 65.6 Å². The van der Waals surface area contributed by atoms with Crippen molar-refractivity contribution in [1.82, 2.24) is 10.2 Å². The van der Waals surface area contributed by atoms with Gasteiger partial charge >= 0.3 is 6.09 Å². The van der Waals surface area contributed by atoms with Gasteiger partial charge in [0.25, 0.3) is 11.8 Å². The van der Waals surface area contributed by atoms with Crippen LogP contribution >= 0.6 is 0 Å². The van der Waals surface area contributed by atoms with Crippen LogP contribution in [0.4, 0.5) is 10.5 Å². The van der Waals surface area contributed by atoms with Gasteiger partial charge in [-0.15, -0.1) is 0 Å². The van der Waals surface area contributed by atoms with E-state index >= 15 is 0 Å². The summed E-state index contributed by atoms with van der Waals surface area (Å²) in [6, 6.07) is 13.2. The monoisotopic (exact) mass is 493 g/mol. The number of alkyl carbamates (subject to hydrolysis) is 1. The zero-order valence-electron chi connectivity index (χ0n) is 21.7. The van der Waals surface area contributed by atoms with Gasteiger partial charge in [-0.2, -0.15) is 0 Å². The number of anilines is 1. The maximum absolute atomic E-state index is 13.8. The Morgan fingerprint density at radius 3 is 2.36 bits per heavy atom. The first-order valence-electron chi connectivity index (χ1n) is 11.8. The largest absolute Gasteiger partial charge is 0.508 e. The average molecular weight is 494 g/mol. The summed E-state index contributed by atoms with van der Waals surface area (Å²) >= 11 is 0. The minimum Gasteiger partial charge on any atom is -0.508 e. The van der Waals surface area contributed by atoms with Crippen molar-refractivity contribution in [1.29, 1.82) is 0 Å². The van der Waals surface area contributed by atoms with E-state index in [2.05, 4.69) is 16.7 Å². The molecular weight excluding hydrogens is 458 g/mol. The maximum atomic E-state index is 13.8. The lowest BCUT2D eigenvalue weighted by Gasteiger charge is -2.32. The minimum absolute atomic E-state index is 0.0871. The predicted octanol–water partition coefficient (Wildman–Crippen LogP) is 4.74. The fourth-order valence-electron chi connectivity index (χ4n) is 3.56. The molecule has 8 nitrogen and oxygen atoms in total. The summed E-state index contributed by atoms with van der Waals surface area (Å²) in [4.78, 5) is 40.8. The van der Waals surface area contributed by atoms with Crippen molar-refractivity contribution in [3.05, 3.63) is 59.7 Å². The Morgan fingerprint density at radius 2 is 1.81 bits per heavy atom. The molecule has 8 heteroatoms. The summed E-state index contributed by atoms with van der Waals surface area (Å²) in [6.45, 7) is 10.7. The van der Waals surface area contributed by atoms with Crippen molar-refractivity contribution in [2.24, 2.45) is 5.92 Å². The molecule has 3 amide bonds. The molecule has 2 aromatic rings. The Morgan fingerprint density at radius 1 is 1.14 bits per heavy atom. The van der Waals surface area contributed by atoms with E-state index in [1.54, 1.807) is 52.0 Å². The van der Waals surface area contributed by atoms with Crippen molar-refractivity contribution >= 4 is 23.6 Å². The SMILES string of the molecule is C#CN(C(=O)C(NC(=O)OC(C)(C)C)C(C)CC)C(C(=O)Nc1ccccc1C)c1cccc(O)c1. The lowest BCUT2D eigenvalue weighted by Crippen LogP contribution is -2.53. The molecule has 3 N–H and O–H groups in total. The number of nitrogens with one attached hydrogen (secondary N) is 2. The molecule has 0 aromatic heterocycles. The zero-order valence-corrected chi connectivity index (χ0v) is 21.7. The number of carbonyl (C=O) groups is 3. The molecule has 0 aliphatic rings. The van der Waals surface area contributed by atoms with Crippen LogP contribution in [0.25, 0.3) is 0 Å². The Kier molecular flexibility index (Phi) is 9.51. The van der Waals surface area contributed by atoms with Crippen LogP contribution in [0.5, 0.6) is 5.75 Å². The van der Waals surface area contributed by atoms with Crippen LogP contribution in [-0.4, -0.2) is 39.6 Å². The number of phenolic OH excluding ortho intramolecular Hbond substituents is 1. The maximum Gasteiger partial charge on any atom is 0.408 e. The molecule has 192 valence electrons. The standard InChI is InChI=1S/C28H35N3O5/c1-8-18(3)23(30-27(35)36-28(5,6)7)26(34)31(9-2)24(20-14-12-15-21(32)17-20)25(33)29-22-16-11-10-13-19(22)4/h2,10-18,23-24,32H,8H2,1,3-7H3,(H,29,33)(H,30,35). The number of nitrogens with zero attached hydrogens (tertiary/aromatic N) is 1. The van der Waals surface area contributed by atoms with Gasteiger partial charge in [-0.25, -0.2) is 4.79 Å². The fourth-order valence-corrected chi connectivity index (χ4v) is 3.56. The Bertz CT molecular complexity index is 1130. The van der Waals surface area contributed by atoms with E-state index < -0.39 is 35.6 Å². The summed E-state index contributed by atoms with van der Waals surface area (Å²) in [6.07, 6.45) is 5.58. The summed E-state index contributed by atoms with van der Waals surface area (Å²) in [5.74, 6) is -1.62. The Labute approximate surface area is 213 Å². The van der Waals surface area contributed by atoms with Crippen LogP contribution < -0.4 is 10.6 Å². The van der Waals surface area contributed by atoms with Gasteiger partial charge in [-0.05, 0) is 62.9 Å². The van der Waals surface area contributed by atoms with E-state index in [9.17, 15) is 19.5 Å². The van der Waals surface area contributed by atoms with E-state index in [1.165, 1.54) is 12.1 Å². The number of benzene rings is 2. The molecule has 0 aliphatic carbocycles. The molecule has 0 saturated carbocycles. The molecule has 3 unspecified atom stereocenters. The van der Waals surface area contributed by atoms with Crippen molar-refractivity contribution in [2.75, 3.05) is 5.32 Å². The van der Waals surface area contributed by atoms with Crippen LogP contribution in [0.15, 0.2) is 48.5 Å². The molecule has 0 bridgehead atoms. The first-order valence-corrected chi connectivity index (χ1v) is 11.8. The summed E-state index contributed by atoms with van der Waals surface area (Å²) < 4.78 is 5.34. The molecule has 2 aromatic carbocycles. The number of terminal acetylenes is 1. The van der Waals surface area contributed by atoms with Crippen LogP contribution in [0.3, 0.4) is 0 Å². The second-order valence-corrected chi connectivity index (χ2v) is 9.65. The van der Waals surface area contributed by atoms with E-state index in [0.717, 1.165) is 10.5 Å². The molecule has 3 atom stereocenters. The van der Waals surface area contributed by atoms with Gasteiger partial charge in [0.1, 0.15) is 23.4 Å². The second-order valence-electron chi connectivity index (χ2n) is 9.65. The van der Waals surface area contributed by atoms with E-state index in [1.807, 2.05) is 26.0 Å². The smallest absolute Gasteiger partial charge is 0.408 e. The molecule has 0 heterocycles. The van der Waals surface area contributed by atoms with Gasteiger partial charge in [0.15, 0.2) is 0 Å². The van der Waals surface area contributed by atoms with Crippen LogP contribution in [0, 0.1) is 25.3 Å². The van der Waals surface area contributed by atoms with Gasteiger partial charge < -0.3 is 20.5 Å². The van der Waals surface area contributed by atoms with E-state index in [0.29, 0.717) is 17.7 Å². The molecule has 0 fully saturated rings. The van der Waals surface area contributed by atoms with Crippen molar-refractivity contribution < 1.29 is 24.2 Å². The quantitative estimate of drug-likeness (QED) is 0.364. The molecule has 0 radical (unpaired) electrons. The van der Waals surface area contributed by atoms with Gasteiger partial charge in [0.2, 0.25) is 0 Å². The fraction of sp³-hybridized carbons (Fsp3) is 0.393. The molecule has 0 aliphatic heterocycles. The van der Waals surface area contributed by atoms with Crippen LogP contribution in [0.2, 0.25) is 0 Å². The van der Waals surface area contributed by atoms with Crippen LogP contribution in [0.1, 0.15) is 58.2 Å². The number of hydrogen-bond donors (Lipinski definition) is 3. The Balaban J connectivity index is 2.49. The number of phenols is 1. The summed E-state index contributed by atoms with van der Waals surface area (Å²) in [5, 5.41) is 15.5. The van der Waals surface area contributed by atoms with E-state index in [4.69, 9.17) is 11.2 Å². The lowest BCUT2D eigenvalue weighted by molar-refractivity contribution is -0.137. The third-order valence-corrected chi connectivity index (χ3v) is 5.62. The number of aromatic hydroxyl groups is 1. The highest BCUT2D eigenvalue weighted by Gasteiger charge is 2.38. The molecule has 2 rings (SSSR count). The normalized spacial score (nSPS) is 13.5. The minimum atomic E-state index is -1.28. The van der Waals surface area contributed by atoms with Gasteiger partial charge in [-0.1, -0.05) is 57.0 Å². The zero-order chi connectivity index (χ0) is 27.0. The number of hydrogen-bond acceptors (Lipinski definition) is 5. The summed E-state index contributed by atoms with van der Waals surface area (Å²) in [7, 11) is 0. The summed E-state index contributed by atoms with van der Waals surface area (Å²) in [5.41, 5.74) is 0.925. The van der Waals surface area contributed by atoms with Gasteiger partial charge in [0, 0.05) is 11.7 Å². The van der Waals surface area contributed by atoms with Crippen molar-refractivity contribution in [3.8, 4) is 18.2 Å². The number of rotatable bonds is 8. The van der Waals surface area contributed by atoms with Gasteiger partial charge in [0.05, 0.1) is 0 Å². The van der Waals surface area contributed by atoms with Crippen LogP contribution in [-0.2, 0) is 14.3 Å². The van der Waals surface area contributed by atoms with Gasteiger partial charge in [-0.3, -0.25) is 14.5 Å². The molecule has 36 heavy (non-hydrogen) atoms. The number of amides is 3. The first kappa shape index (κ1) is 28.2. The molecule has 0 saturated heterocycles. The number of carbonyl (C=O) groups excluding carboxylic acids is 3. The molecular formula is C28H35N3O5. The van der Waals surface area contributed by atoms with E-state index in [-0.39, 0.29) is 11.7 Å². The first-order chi connectivity index (χ1) is 16.9. The number of ether oxygens (including phenoxy) is 1. The highest BCUT2D eigenvalue weighted by molar-refractivity contribution is 6.00. The molecule has 0 spiro atoms. The third-order valence-electron chi connectivity index (χ3n) is 5.62. The topological polar surface area (TPSA) is 108 Å². The highest BCUT2D eigenvalue weighted by Crippen LogP contribution is 2.28. The lowest BCUT2D eigenvalue weighted by atomic mass is 9.96. The number of para-hydroxylation sites is 1.